The molecule has 26 heavy (non-hydrogen) atoms. The fourth-order valence-electron chi connectivity index (χ4n) is 3.79. The number of halogens is 1. The number of likely N-dealkylation sites (tertiary alicyclic amines) is 1. The highest BCUT2D eigenvalue weighted by atomic mass is 35.5. The first-order valence-corrected chi connectivity index (χ1v) is 9.50. The first kappa shape index (κ1) is 17.5. The molecule has 1 aromatic carbocycles. The molecular weight excluding hydrogens is 348 g/mol. The van der Waals surface area contributed by atoms with Crippen LogP contribution in [0.4, 0.5) is 0 Å². The second-order valence-electron chi connectivity index (χ2n) is 7.09. The van der Waals surface area contributed by atoms with E-state index in [0.29, 0.717) is 6.61 Å². The van der Waals surface area contributed by atoms with Gasteiger partial charge in [0.1, 0.15) is 12.4 Å². The van der Waals surface area contributed by atoms with Crippen molar-refractivity contribution in [1.82, 2.24) is 9.88 Å². The van der Waals surface area contributed by atoms with Gasteiger partial charge in [0.05, 0.1) is 11.8 Å². The van der Waals surface area contributed by atoms with Crippen molar-refractivity contribution in [2.75, 3.05) is 26.2 Å². The summed E-state index contributed by atoms with van der Waals surface area (Å²) in [5.41, 5.74) is 3.10. The number of nitrogens with zero attached hydrogens (tertiary/aromatic N) is 2. The van der Waals surface area contributed by atoms with E-state index < -0.39 is 6.10 Å². The summed E-state index contributed by atoms with van der Waals surface area (Å²) in [6, 6.07) is 11.5. The summed E-state index contributed by atoms with van der Waals surface area (Å²) in [6.45, 7) is 3.49. The maximum absolute atomic E-state index is 10.6. The average molecular weight is 371 g/mol. The van der Waals surface area contributed by atoms with Crippen LogP contribution in [-0.4, -0.2) is 41.2 Å². The first-order chi connectivity index (χ1) is 12.7. The molecule has 2 aromatic rings. The zero-order valence-electron chi connectivity index (χ0n) is 14.6. The van der Waals surface area contributed by atoms with E-state index in [1.807, 2.05) is 36.4 Å². The SMILES string of the molecule is O[C@@H](c1ccccn1)C1CCN(CC2=Cc3cc(Cl)ccc3OC2)CC1. The molecule has 1 saturated heterocycles. The molecule has 5 heteroatoms. The number of pyridine rings is 1. The molecule has 0 saturated carbocycles. The zero-order valence-corrected chi connectivity index (χ0v) is 15.4. The highest BCUT2D eigenvalue weighted by molar-refractivity contribution is 6.30. The Kier molecular flexibility index (Phi) is 5.25. The maximum atomic E-state index is 10.6. The van der Waals surface area contributed by atoms with Crippen molar-refractivity contribution in [2.45, 2.75) is 18.9 Å². The normalized spacial score (nSPS) is 19.4. The monoisotopic (exact) mass is 370 g/mol. The van der Waals surface area contributed by atoms with Crippen LogP contribution in [0.1, 0.15) is 30.2 Å². The Morgan fingerprint density at radius 3 is 2.85 bits per heavy atom. The molecule has 3 heterocycles. The zero-order chi connectivity index (χ0) is 17.9. The van der Waals surface area contributed by atoms with E-state index in [0.717, 1.165) is 54.5 Å². The Labute approximate surface area is 159 Å². The van der Waals surface area contributed by atoms with E-state index in [1.54, 1.807) is 6.20 Å². The van der Waals surface area contributed by atoms with Gasteiger partial charge >= 0.3 is 0 Å². The minimum absolute atomic E-state index is 0.275. The van der Waals surface area contributed by atoms with Crippen LogP contribution < -0.4 is 4.74 Å². The number of aliphatic hydroxyl groups excluding tert-OH is 1. The van der Waals surface area contributed by atoms with Crippen LogP contribution in [-0.2, 0) is 0 Å². The van der Waals surface area contributed by atoms with Gasteiger partial charge in [-0.1, -0.05) is 17.7 Å². The third-order valence-electron chi connectivity index (χ3n) is 5.24. The Bertz CT molecular complexity index is 786. The van der Waals surface area contributed by atoms with Gasteiger partial charge in [0.25, 0.3) is 0 Å². The molecule has 0 radical (unpaired) electrons. The summed E-state index contributed by atoms with van der Waals surface area (Å²) < 4.78 is 5.85. The first-order valence-electron chi connectivity index (χ1n) is 9.12. The summed E-state index contributed by atoms with van der Waals surface area (Å²) in [5, 5.41) is 11.3. The predicted octanol–water partition coefficient (Wildman–Crippen LogP) is 3.96. The van der Waals surface area contributed by atoms with Crippen LogP contribution in [0.3, 0.4) is 0 Å². The number of hydrogen-bond donors (Lipinski definition) is 1. The van der Waals surface area contributed by atoms with Crippen molar-refractivity contribution in [3.05, 3.63) is 64.4 Å². The van der Waals surface area contributed by atoms with Gasteiger partial charge in [0.15, 0.2) is 0 Å². The summed E-state index contributed by atoms with van der Waals surface area (Å²) in [4.78, 5) is 6.73. The van der Waals surface area contributed by atoms with Crippen molar-refractivity contribution in [3.63, 3.8) is 0 Å². The maximum Gasteiger partial charge on any atom is 0.127 e. The van der Waals surface area contributed by atoms with Crippen LogP contribution in [0.25, 0.3) is 6.08 Å². The van der Waals surface area contributed by atoms with Crippen molar-refractivity contribution in [2.24, 2.45) is 5.92 Å². The average Bonchev–Trinajstić information content (AvgIpc) is 2.68. The second-order valence-corrected chi connectivity index (χ2v) is 7.52. The number of piperidine rings is 1. The van der Waals surface area contributed by atoms with Crippen LogP contribution >= 0.6 is 11.6 Å². The van der Waals surface area contributed by atoms with E-state index in [9.17, 15) is 5.11 Å². The van der Waals surface area contributed by atoms with Crippen LogP contribution in [0, 0.1) is 5.92 Å². The quantitative estimate of drug-likeness (QED) is 0.884. The third-order valence-corrected chi connectivity index (χ3v) is 5.48. The van der Waals surface area contributed by atoms with Crippen LogP contribution in [0.15, 0.2) is 48.2 Å². The number of benzene rings is 1. The fraction of sp³-hybridized carbons (Fsp3) is 0.381. The summed E-state index contributed by atoms with van der Waals surface area (Å²) in [5.74, 6) is 1.17. The molecule has 0 bridgehead atoms. The van der Waals surface area contributed by atoms with Crippen molar-refractivity contribution >= 4 is 17.7 Å². The molecule has 2 aliphatic heterocycles. The molecule has 4 nitrogen and oxygen atoms in total. The Balaban J connectivity index is 1.34. The van der Waals surface area contributed by atoms with Gasteiger partial charge in [-0.05, 0) is 73.8 Å². The number of hydrogen-bond acceptors (Lipinski definition) is 4. The lowest BCUT2D eigenvalue weighted by atomic mass is 9.89. The predicted molar refractivity (Wildman–Crippen MR) is 103 cm³/mol. The molecule has 1 fully saturated rings. The van der Waals surface area contributed by atoms with Crippen molar-refractivity contribution in [3.8, 4) is 5.75 Å². The van der Waals surface area contributed by atoms with E-state index in [4.69, 9.17) is 16.3 Å². The lowest BCUT2D eigenvalue weighted by Gasteiger charge is -2.35. The van der Waals surface area contributed by atoms with Crippen LogP contribution in [0.2, 0.25) is 5.02 Å². The Hall–Kier alpha value is -1.88. The van der Waals surface area contributed by atoms with E-state index in [-0.39, 0.29) is 5.92 Å². The summed E-state index contributed by atoms with van der Waals surface area (Å²) in [7, 11) is 0. The van der Waals surface area contributed by atoms with E-state index in [1.165, 1.54) is 5.57 Å². The topological polar surface area (TPSA) is 45.6 Å². The van der Waals surface area contributed by atoms with Gasteiger partial charge in [-0.15, -0.1) is 0 Å². The molecule has 1 atom stereocenters. The van der Waals surface area contributed by atoms with Gasteiger partial charge in [-0.2, -0.15) is 0 Å². The molecule has 1 aromatic heterocycles. The molecule has 1 N–H and O–H groups in total. The highest BCUT2D eigenvalue weighted by Crippen LogP contribution is 2.32. The number of fused-ring (bicyclic) bond motifs is 1. The Morgan fingerprint density at radius 1 is 1.23 bits per heavy atom. The van der Waals surface area contributed by atoms with Crippen molar-refractivity contribution < 1.29 is 9.84 Å². The second kappa shape index (κ2) is 7.78. The third kappa shape index (κ3) is 3.93. The van der Waals surface area contributed by atoms with Crippen molar-refractivity contribution in [1.29, 1.82) is 0 Å². The molecule has 0 aliphatic carbocycles. The van der Waals surface area contributed by atoms with Gasteiger partial charge in [0, 0.05) is 23.3 Å². The molecular formula is C21H23ClN2O2. The number of rotatable bonds is 4. The van der Waals surface area contributed by atoms with E-state index >= 15 is 0 Å². The molecule has 4 rings (SSSR count). The summed E-state index contributed by atoms with van der Waals surface area (Å²) in [6.07, 6.45) is 5.43. The molecule has 0 spiro atoms. The number of ether oxygens (including phenoxy) is 1. The minimum Gasteiger partial charge on any atom is -0.489 e. The smallest absolute Gasteiger partial charge is 0.127 e. The molecule has 136 valence electrons. The standard InChI is InChI=1S/C21H23ClN2O2/c22-18-4-5-20-17(12-18)11-15(14-26-20)13-24-9-6-16(7-10-24)21(25)19-3-1-2-8-23-19/h1-5,8,11-12,16,21,25H,6-7,9-10,13-14H2/t21-/m1/s1. The Morgan fingerprint density at radius 2 is 2.08 bits per heavy atom. The molecule has 0 unspecified atom stereocenters. The van der Waals surface area contributed by atoms with E-state index in [2.05, 4.69) is 16.0 Å². The largest absolute Gasteiger partial charge is 0.489 e. The summed E-state index contributed by atoms with van der Waals surface area (Å²) >= 11 is 6.09. The van der Waals surface area contributed by atoms with Gasteiger partial charge < -0.3 is 9.84 Å². The van der Waals surface area contributed by atoms with Gasteiger partial charge in [-0.25, -0.2) is 0 Å². The number of aromatic nitrogens is 1. The fourth-order valence-corrected chi connectivity index (χ4v) is 3.97. The minimum atomic E-state index is -0.468. The van der Waals surface area contributed by atoms with Crippen LogP contribution in [0.5, 0.6) is 5.75 Å². The number of aliphatic hydroxyl groups is 1. The molecule has 2 aliphatic rings. The lowest BCUT2D eigenvalue weighted by molar-refractivity contribution is 0.0580. The molecule has 0 amide bonds. The van der Waals surface area contributed by atoms with Gasteiger partial charge in [-0.3, -0.25) is 9.88 Å². The highest BCUT2D eigenvalue weighted by Gasteiger charge is 2.27. The lowest BCUT2D eigenvalue weighted by Crippen LogP contribution is -2.37. The van der Waals surface area contributed by atoms with Gasteiger partial charge in [0.2, 0.25) is 0 Å².